The number of nitrogens with one attached hydrogen (secondary N) is 2. The largest absolute Gasteiger partial charge is 0.497 e. The Balaban J connectivity index is 1.44. The van der Waals surface area contributed by atoms with Crippen molar-refractivity contribution in [2.45, 2.75) is 19.4 Å². The van der Waals surface area contributed by atoms with Crippen molar-refractivity contribution in [3.8, 4) is 5.75 Å². The molecule has 0 aliphatic rings. The summed E-state index contributed by atoms with van der Waals surface area (Å²) in [6.07, 6.45) is 2.08. The lowest BCUT2D eigenvalue weighted by atomic mass is 10.1. The molecule has 0 aliphatic carbocycles. The van der Waals surface area contributed by atoms with Gasteiger partial charge in [-0.05, 0) is 54.8 Å². The molecule has 0 radical (unpaired) electrons. The topological polar surface area (TPSA) is 54.1 Å². The minimum atomic E-state index is 0.0123. The van der Waals surface area contributed by atoms with Crippen molar-refractivity contribution in [2.75, 3.05) is 13.7 Å². The van der Waals surface area contributed by atoms with E-state index in [0.717, 1.165) is 41.9 Å². The number of aromatic nitrogens is 1. The molecule has 0 saturated heterocycles. The third kappa shape index (κ3) is 4.21. The highest BCUT2D eigenvalue weighted by molar-refractivity contribution is 7.16. The summed E-state index contributed by atoms with van der Waals surface area (Å²) in [5.74, 6) is 0.885. The molecular formula is C18H20N2O2S. The van der Waals surface area contributed by atoms with Gasteiger partial charge in [-0.25, -0.2) is 0 Å². The van der Waals surface area contributed by atoms with Crippen LogP contribution < -0.4 is 14.9 Å². The van der Waals surface area contributed by atoms with Gasteiger partial charge in [0.05, 0.1) is 17.3 Å². The van der Waals surface area contributed by atoms with E-state index in [1.165, 1.54) is 22.5 Å². The fourth-order valence-corrected chi connectivity index (χ4v) is 3.34. The predicted molar refractivity (Wildman–Crippen MR) is 95.5 cm³/mol. The molecule has 120 valence electrons. The maximum atomic E-state index is 11.3. The quantitative estimate of drug-likeness (QED) is 0.654. The molecule has 0 spiro atoms. The fourth-order valence-electron chi connectivity index (χ4n) is 2.54. The lowest BCUT2D eigenvalue weighted by molar-refractivity contribution is 0.414. The number of thiazole rings is 1. The van der Waals surface area contributed by atoms with E-state index in [1.807, 2.05) is 18.2 Å². The minimum absolute atomic E-state index is 0.0123. The molecule has 3 aromatic rings. The van der Waals surface area contributed by atoms with Crippen LogP contribution in [0, 0.1) is 0 Å². The van der Waals surface area contributed by atoms with Crippen LogP contribution in [0.4, 0.5) is 0 Å². The average Bonchev–Trinajstić information content (AvgIpc) is 2.94. The Bertz CT molecular complexity index is 821. The number of ether oxygens (including phenoxy) is 1. The van der Waals surface area contributed by atoms with Gasteiger partial charge in [-0.3, -0.25) is 4.79 Å². The van der Waals surface area contributed by atoms with Crippen molar-refractivity contribution < 1.29 is 4.74 Å². The number of H-pyrrole nitrogens is 1. The molecule has 3 rings (SSSR count). The molecule has 5 heteroatoms. The number of methoxy groups -OCH3 is 1. The monoisotopic (exact) mass is 328 g/mol. The molecule has 2 aromatic carbocycles. The number of benzene rings is 2. The zero-order valence-corrected chi connectivity index (χ0v) is 13.9. The second-order valence-electron chi connectivity index (χ2n) is 5.47. The molecule has 0 amide bonds. The first-order valence-corrected chi connectivity index (χ1v) is 8.51. The van der Waals surface area contributed by atoms with Gasteiger partial charge in [0, 0.05) is 6.54 Å². The molecular weight excluding hydrogens is 308 g/mol. The van der Waals surface area contributed by atoms with Crippen molar-refractivity contribution >= 4 is 21.6 Å². The normalized spacial score (nSPS) is 11.0. The molecule has 0 bridgehead atoms. The first kappa shape index (κ1) is 15.8. The summed E-state index contributed by atoms with van der Waals surface area (Å²) >= 11 is 1.27. The Labute approximate surface area is 139 Å². The predicted octanol–water partition coefficient (Wildman–Crippen LogP) is 3.32. The van der Waals surface area contributed by atoms with Crippen LogP contribution >= 0.6 is 11.3 Å². The van der Waals surface area contributed by atoms with E-state index < -0.39 is 0 Å². The molecule has 0 saturated carbocycles. The molecule has 0 aliphatic heterocycles. The van der Waals surface area contributed by atoms with Crippen molar-refractivity contribution in [1.29, 1.82) is 0 Å². The Hall–Kier alpha value is -2.11. The van der Waals surface area contributed by atoms with Gasteiger partial charge in [0.2, 0.25) is 0 Å². The van der Waals surface area contributed by atoms with Crippen molar-refractivity contribution in [1.82, 2.24) is 10.3 Å². The van der Waals surface area contributed by atoms with Gasteiger partial charge >= 0.3 is 4.87 Å². The van der Waals surface area contributed by atoms with Gasteiger partial charge in [0.25, 0.3) is 0 Å². The van der Waals surface area contributed by atoms with E-state index in [9.17, 15) is 4.79 Å². The van der Waals surface area contributed by atoms with E-state index in [0.29, 0.717) is 0 Å². The Morgan fingerprint density at radius 1 is 1.13 bits per heavy atom. The smallest absolute Gasteiger partial charge is 0.305 e. The molecule has 23 heavy (non-hydrogen) atoms. The molecule has 0 unspecified atom stereocenters. The third-order valence-corrected chi connectivity index (χ3v) is 4.64. The van der Waals surface area contributed by atoms with Crippen LogP contribution in [0.15, 0.2) is 47.3 Å². The highest BCUT2D eigenvalue weighted by Gasteiger charge is 2.01. The van der Waals surface area contributed by atoms with Gasteiger partial charge < -0.3 is 15.0 Å². The summed E-state index contributed by atoms with van der Waals surface area (Å²) in [5.41, 5.74) is 3.46. The number of hydrogen-bond donors (Lipinski definition) is 2. The molecule has 4 nitrogen and oxygen atoms in total. The maximum Gasteiger partial charge on any atom is 0.305 e. The van der Waals surface area contributed by atoms with Crippen LogP contribution in [0.3, 0.4) is 0 Å². The lowest BCUT2D eigenvalue weighted by Gasteiger charge is -2.06. The molecule has 0 atom stereocenters. The zero-order chi connectivity index (χ0) is 16.1. The summed E-state index contributed by atoms with van der Waals surface area (Å²) in [6, 6.07) is 14.3. The van der Waals surface area contributed by atoms with E-state index in [4.69, 9.17) is 4.74 Å². The molecule has 2 N–H and O–H groups in total. The van der Waals surface area contributed by atoms with Crippen LogP contribution in [0.25, 0.3) is 10.2 Å². The lowest BCUT2D eigenvalue weighted by Crippen LogP contribution is -2.15. The zero-order valence-electron chi connectivity index (χ0n) is 13.1. The Kier molecular flexibility index (Phi) is 5.10. The van der Waals surface area contributed by atoms with Gasteiger partial charge in [-0.1, -0.05) is 29.5 Å². The summed E-state index contributed by atoms with van der Waals surface area (Å²) in [4.78, 5) is 14.2. The summed E-state index contributed by atoms with van der Waals surface area (Å²) < 4.78 is 6.19. The number of rotatable bonds is 7. The molecule has 1 aromatic heterocycles. The maximum absolute atomic E-state index is 11.3. The highest BCUT2D eigenvalue weighted by atomic mass is 32.1. The standard InChI is InChI=1S/C18H20N2O2S/c1-22-15-7-4-14(5-8-15)12-19-10-2-3-13-6-9-16-17(11-13)23-18(21)20-16/h4-9,11,19H,2-3,10,12H2,1H3,(H,20,21). The van der Waals surface area contributed by atoms with Gasteiger partial charge in [-0.2, -0.15) is 0 Å². The Morgan fingerprint density at radius 2 is 1.91 bits per heavy atom. The van der Waals surface area contributed by atoms with Gasteiger partial charge in [-0.15, -0.1) is 0 Å². The minimum Gasteiger partial charge on any atom is -0.497 e. The summed E-state index contributed by atoms with van der Waals surface area (Å²) in [5, 5.41) is 3.46. The first-order valence-electron chi connectivity index (χ1n) is 7.70. The average molecular weight is 328 g/mol. The number of fused-ring (bicyclic) bond motifs is 1. The van der Waals surface area contributed by atoms with Crippen LogP contribution in [0.5, 0.6) is 5.75 Å². The SMILES string of the molecule is COc1ccc(CNCCCc2ccc3[nH]c(=O)sc3c2)cc1. The second kappa shape index (κ2) is 7.44. The van der Waals surface area contributed by atoms with Crippen LogP contribution in [0.2, 0.25) is 0 Å². The Morgan fingerprint density at radius 3 is 2.70 bits per heavy atom. The van der Waals surface area contributed by atoms with E-state index >= 15 is 0 Å². The number of aryl methyl sites for hydroxylation is 1. The second-order valence-corrected chi connectivity index (χ2v) is 6.49. The van der Waals surface area contributed by atoms with E-state index in [-0.39, 0.29) is 4.87 Å². The molecule has 1 heterocycles. The third-order valence-electron chi connectivity index (χ3n) is 3.79. The van der Waals surface area contributed by atoms with Crippen LogP contribution in [0.1, 0.15) is 17.5 Å². The van der Waals surface area contributed by atoms with Crippen LogP contribution in [-0.4, -0.2) is 18.6 Å². The number of aromatic amines is 1. The van der Waals surface area contributed by atoms with E-state index in [2.05, 4.69) is 34.6 Å². The molecule has 0 fully saturated rings. The number of hydrogen-bond acceptors (Lipinski definition) is 4. The van der Waals surface area contributed by atoms with Crippen molar-refractivity contribution in [3.63, 3.8) is 0 Å². The highest BCUT2D eigenvalue weighted by Crippen LogP contribution is 2.17. The fraction of sp³-hybridized carbons (Fsp3) is 0.278. The van der Waals surface area contributed by atoms with Gasteiger partial charge in [0.1, 0.15) is 5.75 Å². The van der Waals surface area contributed by atoms with Crippen molar-refractivity contribution in [2.24, 2.45) is 0 Å². The first-order chi connectivity index (χ1) is 11.2. The van der Waals surface area contributed by atoms with Crippen molar-refractivity contribution in [3.05, 3.63) is 63.3 Å². The summed E-state index contributed by atoms with van der Waals surface area (Å²) in [7, 11) is 1.68. The van der Waals surface area contributed by atoms with Gasteiger partial charge in [0.15, 0.2) is 0 Å². The van der Waals surface area contributed by atoms with Crippen LogP contribution in [-0.2, 0) is 13.0 Å². The summed E-state index contributed by atoms with van der Waals surface area (Å²) in [6.45, 7) is 1.83. The van der Waals surface area contributed by atoms with E-state index in [1.54, 1.807) is 7.11 Å².